The average Bonchev–Trinajstić information content (AvgIpc) is 2.88. The van der Waals surface area contributed by atoms with Crippen molar-refractivity contribution in [2.75, 3.05) is 0 Å². The van der Waals surface area contributed by atoms with Crippen molar-refractivity contribution in [2.45, 2.75) is 31.7 Å². The van der Waals surface area contributed by atoms with Gasteiger partial charge in [0.25, 0.3) is 0 Å². The Balaban J connectivity index is 2.10. The van der Waals surface area contributed by atoms with Gasteiger partial charge in [0, 0.05) is 10.9 Å². The van der Waals surface area contributed by atoms with E-state index in [9.17, 15) is 23.1 Å². The summed E-state index contributed by atoms with van der Waals surface area (Å²) in [6.07, 6.45) is 0. The van der Waals surface area contributed by atoms with E-state index in [1.165, 1.54) is 31.4 Å². The Morgan fingerprint density at radius 3 is 2.32 bits per heavy atom. The molecule has 9 heteroatoms. The number of hydrogen-bond donors (Lipinski definition) is 1. The van der Waals surface area contributed by atoms with Crippen molar-refractivity contribution in [1.82, 2.24) is 4.72 Å². The maximum absolute atomic E-state index is 12.3. The molecule has 0 bridgehead atoms. The summed E-state index contributed by atoms with van der Waals surface area (Å²) in [4.78, 5) is 23.0. The molecular weight excluding hydrogens is 366 g/mol. The summed E-state index contributed by atoms with van der Waals surface area (Å²) in [5, 5.41) is 12.3. The molecule has 1 atom stereocenters. The molecule has 25 heavy (non-hydrogen) atoms. The predicted molar refractivity (Wildman–Crippen MR) is 90.0 cm³/mol. The summed E-state index contributed by atoms with van der Waals surface area (Å²) in [5.41, 5.74) is 1.16. The molecule has 0 aliphatic rings. The molecule has 0 aliphatic carbocycles. The van der Waals surface area contributed by atoms with Gasteiger partial charge in [-0.3, -0.25) is 0 Å². The number of esters is 1. The first kappa shape index (κ1) is 19.1. The number of carboxylic acids is 1. The van der Waals surface area contributed by atoms with Gasteiger partial charge in [0.05, 0.1) is 15.7 Å². The molecule has 2 aromatic rings. The van der Waals surface area contributed by atoms with E-state index >= 15 is 0 Å². The Labute approximate surface area is 149 Å². The second kappa shape index (κ2) is 7.34. The Morgan fingerprint density at radius 2 is 1.80 bits per heavy atom. The van der Waals surface area contributed by atoms with Crippen LogP contribution in [-0.2, 0) is 14.8 Å². The lowest BCUT2D eigenvalue weighted by atomic mass is 10.2. The van der Waals surface area contributed by atoms with Crippen molar-refractivity contribution in [3.05, 3.63) is 45.6 Å². The second-order valence-electron chi connectivity index (χ2n) is 5.42. The van der Waals surface area contributed by atoms with Crippen molar-refractivity contribution in [3.8, 4) is 5.75 Å². The number of benzene rings is 1. The van der Waals surface area contributed by atoms with Gasteiger partial charge >= 0.3 is 5.97 Å². The number of carbonyl (C=O) groups excluding carboxylic acids is 2. The van der Waals surface area contributed by atoms with Crippen LogP contribution in [0, 0.1) is 13.8 Å². The highest BCUT2D eigenvalue weighted by atomic mass is 32.2. The fraction of sp³-hybridized carbons (Fsp3) is 0.250. The van der Waals surface area contributed by atoms with Gasteiger partial charge in [-0.15, -0.1) is 11.3 Å². The minimum absolute atomic E-state index is 0.0312. The topological polar surface area (TPSA) is 113 Å². The summed E-state index contributed by atoms with van der Waals surface area (Å²) in [6, 6.07) is 5.01. The van der Waals surface area contributed by atoms with Gasteiger partial charge in [0.1, 0.15) is 11.8 Å². The standard InChI is InChI=1S/C16H17NO6S2/c1-9-4-6-12(7-5-9)25(21,22)17-11(3)16(20)23-13-8-24-14(10(13)2)15(18)19/h4-8,11,17H,1-3H3,(H,18,19)/p-1/t11-/m1/s1. The van der Waals surface area contributed by atoms with Crippen LogP contribution >= 0.6 is 11.3 Å². The lowest BCUT2D eigenvalue weighted by Crippen LogP contribution is -2.40. The van der Waals surface area contributed by atoms with Gasteiger partial charge < -0.3 is 14.6 Å². The van der Waals surface area contributed by atoms with Gasteiger partial charge in [0.2, 0.25) is 10.0 Å². The number of carboxylic acid groups (broad SMARTS) is 1. The molecule has 0 unspecified atom stereocenters. The van der Waals surface area contributed by atoms with Crippen molar-refractivity contribution in [3.63, 3.8) is 0 Å². The molecule has 1 aromatic carbocycles. The molecule has 0 fully saturated rings. The SMILES string of the molecule is Cc1ccc(S(=O)(=O)N[C@H](C)C(=O)Oc2csc(C(=O)[O-])c2C)cc1. The van der Waals surface area contributed by atoms with E-state index in [4.69, 9.17) is 4.74 Å². The Hall–Kier alpha value is -2.23. The molecule has 1 aromatic heterocycles. The van der Waals surface area contributed by atoms with Gasteiger partial charge in [-0.2, -0.15) is 4.72 Å². The second-order valence-corrected chi connectivity index (χ2v) is 8.01. The van der Waals surface area contributed by atoms with Gasteiger partial charge in [-0.05, 0) is 32.9 Å². The minimum atomic E-state index is -3.88. The van der Waals surface area contributed by atoms with Gasteiger partial charge in [-0.1, -0.05) is 17.7 Å². The number of aromatic carboxylic acids is 1. The van der Waals surface area contributed by atoms with Crippen molar-refractivity contribution in [2.24, 2.45) is 0 Å². The first-order valence-corrected chi connectivity index (χ1v) is 9.58. The van der Waals surface area contributed by atoms with Crippen LogP contribution in [-0.4, -0.2) is 26.4 Å². The Morgan fingerprint density at radius 1 is 1.20 bits per heavy atom. The molecule has 0 radical (unpaired) electrons. The molecule has 0 saturated heterocycles. The van der Waals surface area contributed by atoms with Crippen molar-refractivity contribution in [1.29, 1.82) is 0 Å². The van der Waals surface area contributed by atoms with Gasteiger partial charge in [-0.25, -0.2) is 13.2 Å². The number of rotatable bonds is 6. The number of ether oxygens (including phenoxy) is 1. The normalized spacial score (nSPS) is 12.6. The smallest absolute Gasteiger partial charge is 0.329 e. The van der Waals surface area contributed by atoms with E-state index in [1.54, 1.807) is 12.1 Å². The number of aryl methyl sites for hydroxylation is 1. The van der Waals surface area contributed by atoms with Crippen molar-refractivity contribution < 1.29 is 27.9 Å². The van der Waals surface area contributed by atoms with Gasteiger partial charge in [0.15, 0.2) is 0 Å². The molecule has 0 spiro atoms. The van der Waals surface area contributed by atoms with Crippen LogP contribution in [0.3, 0.4) is 0 Å². The maximum atomic E-state index is 12.3. The van der Waals surface area contributed by atoms with E-state index in [1.807, 2.05) is 6.92 Å². The molecule has 0 amide bonds. The monoisotopic (exact) mass is 382 g/mol. The number of carbonyl (C=O) groups is 2. The Kier molecular flexibility index (Phi) is 5.61. The number of hydrogen-bond acceptors (Lipinski definition) is 7. The lowest BCUT2D eigenvalue weighted by Gasteiger charge is -2.14. The number of thiophene rings is 1. The minimum Gasteiger partial charge on any atom is -0.544 e. The highest BCUT2D eigenvalue weighted by molar-refractivity contribution is 7.89. The number of sulfonamides is 1. The summed E-state index contributed by atoms with van der Waals surface area (Å²) >= 11 is 0.871. The third-order valence-corrected chi connectivity index (χ3v) is 6.00. The molecule has 134 valence electrons. The van der Waals surface area contributed by atoms with E-state index in [0.29, 0.717) is 0 Å². The Bertz CT molecular complexity index is 899. The fourth-order valence-corrected chi connectivity index (χ4v) is 3.98. The molecule has 7 nitrogen and oxygen atoms in total. The summed E-state index contributed by atoms with van der Waals surface area (Å²) in [5.74, 6) is -2.14. The predicted octanol–water partition coefficient (Wildman–Crippen LogP) is 1.00. The maximum Gasteiger partial charge on any atom is 0.329 e. The van der Waals surface area contributed by atoms with Crippen LogP contribution in [0.1, 0.15) is 27.7 Å². The van der Waals surface area contributed by atoms with Crippen LogP contribution in [0.15, 0.2) is 34.5 Å². The van der Waals surface area contributed by atoms with E-state index in [0.717, 1.165) is 16.9 Å². The molecule has 2 rings (SSSR count). The molecule has 1 heterocycles. The summed E-state index contributed by atoms with van der Waals surface area (Å²) in [6.45, 7) is 4.65. The van der Waals surface area contributed by atoms with Crippen LogP contribution in [0.5, 0.6) is 5.75 Å². The highest BCUT2D eigenvalue weighted by Crippen LogP contribution is 2.28. The molecule has 0 saturated carbocycles. The summed E-state index contributed by atoms with van der Waals surface area (Å²) < 4.78 is 31.9. The van der Waals surface area contributed by atoms with E-state index in [2.05, 4.69) is 4.72 Å². The summed E-state index contributed by atoms with van der Waals surface area (Å²) in [7, 11) is -3.88. The lowest BCUT2D eigenvalue weighted by molar-refractivity contribution is -0.254. The van der Waals surface area contributed by atoms with Crippen molar-refractivity contribution >= 4 is 33.3 Å². The number of nitrogens with one attached hydrogen (secondary N) is 1. The largest absolute Gasteiger partial charge is 0.544 e. The van der Waals surface area contributed by atoms with E-state index < -0.39 is 28.0 Å². The first-order chi connectivity index (χ1) is 11.6. The third-order valence-electron chi connectivity index (χ3n) is 3.41. The van der Waals surface area contributed by atoms with E-state index in [-0.39, 0.29) is 21.1 Å². The zero-order valence-corrected chi connectivity index (χ0v) is 15.4. The first-order valence-electron chi connectivity index (χ1n) is 7.22. The highest BCUT2D eigenvalue weighted by Gasteiger charge is 2.24. The quantitative estimate of drug-likeness (QED) is 0.746. The zero-order chi connectivity index (χ0) is 18.8. The van der Waals surface area contributed by atoms with Crippen LogP contribution in [0.2, 0.25) is 0 Å². The van der Waals surface area contributed by atoms with Crippen LogP contribution < -0.4 is 14.6 Å². The average molecular weight is 382 g/mol. The zero-order valence-electron chi connectivity index (χ0n) is 13.7. The fourth-order valence-electron chi connectivity index (χ4n) is 1.97. The molecule has 1 N–H and O–H groups in total. The van der Waals surface area contributed by atoms with Crippen LogP contribution in [0.4, 0.5) is 0 Å². The molecular formula is C16H16NO6S2-. The third kappa shape index (κ3) is 4.44. The van der Waals surface area contributed by atoms with Crippen LogP contribution in [0.25, 0.3) is 0 Å². The molecule has 0 aliphatic heterocycles.